The van der Waals surface area contributed by atoms with Crippen molar-refractivity contribution in [3.05, 3.63) is 87.4 Å². The number of benzene rings is 3. The van der Waals surface area contributed by atoms with Gasteiger partial charge in [0.15, 0.2) is 0 Å². The molecule has 0 atom stereocenters. The Hall–Kier alpha value is -3.55. The van der Waals surface area contributed by atoms with Crippen LogP contribution in [0.5, 0.6) is 5.75 Å². The summed E-state index contributed by atoms with van der Waals surface area (Å²) >= 11 is 12.1. The summed E-state index contributed by atoms with van der Waals surface area (Å²) in [6.45, 7) is 1.75. The van der Waals surface area contributed by atoms with Crippen molar-refractivity contribution in [2.75, 3.05) is 30.8 Å². The molecule has 1 fully saturated rings. The normalized spacial score (nSPS) is 13.1. The fourth-order valence-corrected chi connectivity index (χ4v) is 4.38. The summed E-state index contributed by atoms with van der Waals surface area (Å²) in [7, 11) is 1.43. The number of amidine groups is 1. The molecular weight excluding hydrogens is 499 g/mol. The van der Waals surface area contributed by atoms with Gasteiger partial charge in [0.25, 0.3) is 11.8 Å². The lowest BCUT2D eigenvalue weighted by atomic mass is 10.1. The van der Waals surface area contributed by atoms with E-state index in [1.165, 1.54) is 25.7 Å². The van der Waals surface area contributed by atoms with E-state index < -0.39 is 11.8 Å². The van der Waals surface area contributed by atoms with Crippen LogP contribution in [0.25, 0.3) is 0 Å². The third-order valence-electron chi connectivity index (χ3n) is 5.96. The Balaban J connectivity index is 1.55. The third kappa shape index (κ3) is 5.98. The van der Waals surface area contributed by atoms with E-state index in [1.54, 1.807) is 48.5 Å². The van der Waals surface area contributed by atoms with Crippen molar-refractivity contribution in [3.63, 3.8) is 0 Å². The average Bonchev–Trinajstić information content (AvgIpc) is 2.90. The van der Waals surface area contributed by atoms with E-state index in [4.69, 9.17) is 33.3 Å². The van der Waals surface area contributed by atoms with Gasteiger partial charge in [0.2, 0.25) is 0 Å². The third-order valence-corrected chi connectivity index (χ3v) is 6.44. The molecule has 4 rings (SSSR count). The number of amides is 2. The molecular formula is C27H26Cl2N4O3. The van der Waals surface area contributed by atoms with Crippen LogP contribution in [-0.4, -0.2) is 42.7 Å². The zero-order valence-electron chi connectivity index (χ0n) is 19.7. The molecule has 1 aliphatic rings. The van der Waals surface area contributed by atoms with Crippen LogP contribution in [0.1, 0.15) is 45.5 Å². The Morgan fingerprint density at radius 2 is 1.47 bits per heavy atom. The fraction of sp³-hybridized carbons (Fsp3) is 0.222. The highest BCUT2D eigenvalue weighted by Gasteiger charge is 2.21. The summed E-state index contributed by atoms with van der Waals surface area (Å²) in [6.07, 6.45) is 3.36. The van der Waals surface area contributed by atoms with Crippen molar-refractivity contribution in [1.82, 2.24) is 4.90 Å². The number of likely N-dealkylation sites (tertiary alicyclic amines) is 1. The van der Waals surface area contributed by atoms with Crippen molar-refractivity contribution < 1.29 is 14.3 Å². The average molecular weight is 525 g/mol. The molecule has 0 spiro atoms. The minimum absolute atomic E-state index is 0.145. The second kappa shape index (κ2) is 11.5. The predicted molar refractivity (Wildman–Crippen MR) is 144 cm³/mol. The van der Waals surface area contributed by atoms with Crippen LogP contribution >= 0.6 is 23.2 Å². The van der Waals surface area contributed by atoms with Crippen LogP contribution in [0.2, 0.25) is 10.0 Å². The Kier molecular flexibility index (Phi) is 8.13. The van der Waals surface area contributed by atoms with Crippen LogP contribution < -0.4 is 15.4 Å². The lowest BCUT2D eigenvalue weighted by Gasteiger charge is -2.29. The summed E-state index contributed by atoms with van der Waals surface area (Å²) in [6, 6.07) is 16.5. The molecule has 9 heteroatoms. The summed E-state index contributed by atoms with van der Waals surface area (Å²) in [5.74, 6) is -0.186. The van der Waals surface area contributed by atoms with Gasteiger partial charge < -0.3 is 20.3 Å². The van der Waals surface area contributed by atoms with Crippen molar-refractivity contribution >= 4 is 52.2 Å². The lowest BCUT2D eigenvalue weighted by molar-refractivity contribution is 0.102. The van der Waals surface area contributed by atoms with Crippen LogP contribution in [0.3, 0.4) is 0 Å². The highest BCUT2D eigenvalue weighted by Crippen LogP contribution is 2.33. The van der Waals surface area contributed by atoms with Gasteiger partial charge in [-0.3, -0.25) is 15.0 Å². The number of carbonyl (C=O) groups excluding carboxylic acids is 2. The van der Waals surface area contributed by atoms with Gasteiger partial charge in [0, 0.05) is 46.0 Å². The standard InChI is InChI=1S/C27H26Cl2N4O3/c1-36-23-16-20(29)15-22(27(35)31-21-11-9-19(28)10-12-21)24(23)32-26(34)18-7-5-17(6-8-18)25(30)33-13-3-2-4-14-33/h5-12,15-16,30H,2-4,13-14H2,1H3,(H,31,35)(H,32,34). The number of anilines is 2. The molecule has 3 aromatic carbocycles. The molecule has 1 aliphatic heterocycles. The molecule has 1 saturated heterocycles. The van der Waals surface area contributed by atoms with Gasteiger partial charge >= 0.3 is 0 Å². The number of ether oxygens (including phenoxy) is 1. The van der Waals surface area contributed by atoms with Gasteiger partial charge in [0.05, 0.1) is 18.4 Å². The highest BCUT2D eigenvalue weighted by molar-refractivity contribution is 6.32. The number of halogens is 2. The fourth-order valence-electron chi connectivity index (χ4n) is 4.05. The van der Waals surface area contributed by atoms with Crippen molar-refractivity contribution in [1.29, 1.82) is 5.41 Å². The topological polar surface area (TPSA) is 94.5 Å². The molecule has 7 nitrogen and oxygen atoms in total. The van der Waals surface area contributed by atoms with E-state index in [-0.39, 0.29) is 22.0 Å². The molecule has 3 N–H and O–H groups in total. The highest BCUT2D eigenvalue weighted by atomic mass is 35.5. The Bertz CT molecular complexity index is 1270. The zero-order valence-corrected chi connectivity index (χ0v) is 21.2. The van der Waals surface area contributed by atoms with Gasteiger partial charge in [-0.05, 0) is 61.7 Å². The van der Waals surface area contributed by atoms with Gasteiger partial charge in [-0.25, -0.2) is 0 Å². The van der Waals surface area contributed by atoms with Gasteiger partial charge in [-0.2, -0.15) is 0 Å². The molecule has 0 aliphatic carbocycles. The zero-order chi connectivity index (χ0) is 25.7. The first-order chi connectivity index (χ1) is 17.4. The maximum Gasteiger partial charge on any atom is 0.257 e. The lowest BCUT2D eigenvalue weighted by Crippen LogP contribution is -2.35. The monoisotopic (exact) mass is 524 g/mol. The minimum Gasteiger partial charge on any atom is -0.494 e. The number of methoxy groups -OCH3 is 1. The van der Waals surface area contributed by atoms with Gasteiger partial charge in [-0.1, -0.05) is 35.3 Å². The van der Waals surface area contributed by atoms with E-state index in [0.717, 1.165) is 31.5 Å². The molecule has 0 saturated carbocycles. The number of hydrogen-bond donors (Lipinski definition) is 3. The summed E-state index contributed by atoms with van der Waals surface area (Å²) in [5, 5.41) is 14.9. The maximum atomic E-state index is 13.1. The molecule has 0 aromatic heterocycles. The summed E-state index contributed by atoms with van der Waals surface area (Å²) in [5.41, 5.74) is 2.01. The van der Waals surface area contributed by atoms with Crippen molar-refractivity contribution in [2.45, 2.75) is 19.3 Å². The van der Waals surface area contributed by atoms with E-state index in [0.29, 0.717) is 22.1 Å². The first kappa shape index (κ1) is 25.5. The number of carbonyl (C=O) groups is 2. The van der Waals surface area contributed by atoms with Crippen LogP contribution in [-0.2, 0) is 0 Å². The van der Waals surface area contributed by atoms with Crippen LogP contribution in [0, 0.1) is 5.41 Å². The molecule has 3 aromatic rings. The smallest absolute Gasteiger partial charge is 0.257 e. The first-order valence-electron chi connectivity index (χ1n) is 11.6. The SMILES string of the molecule is COc1cc(Cl)cc(C(=O)Nc2ccc(Cl)cc2)c1NC(=O)c1ccc(C(=N)N2CCCCC2)cc1. The number of rotatable bonds is 6. The van der Waals surface area contributed by atoms with Crippen LogP contribution in [0.15, 0.2) is 60.7 Å². The second-order valence-corrected chi connectivity index (χ2v) is 9.29. The Morgan fingerprint density at radius 3 is 2.11 bits per heavy atom. The largest absolute Gasteiger partial charge is 0.494 e. The van der Waals surface area contributed by atoms with E-state index >= 15 is 0 Å². The Labute approximate surface area is 219 Å². The van der Waals surface area contributed by atoms with Crippen molar-refractivity contribution in [3.8, 4) is 5.75 Å². The molecule has 0 bridgehead atoms. The Morgan fingerprint density at radius 1 is 0.833 bits per heavy atom. The van der Waals surface area contributed by atoms with Gasteiger partial charge in [0.1, 0.15) is 11.6 Å². The number of nitrogens with zero attached hydrogens (tertiary/aromatic N) is 1. The summed E-state index contributed by atoms with van der Waals surface area (Å²) < 4.78 is 5.41. The molecule has 2 amide bonds. The molecule has 0 radical (unpaired) electrons. The molecule has 36 heavy (non-hydrogen) atoms. The van der Waals surface area contributed by atoms with Crippen LogP contribution in [0.4, 0.5) is 11.4 Å². The molecule has 1 heterocycles. The molecule has 0 unspecified atom stereocenters. The van der Waals surface area contributed by atoms with E-state index in [9.17, 15) is 9.59 Å². The number of nitrogens with one attached hydrogen (secondary N) is 3. The van der Waals surface area contributed by atoms with Gasteiger partial charge in [-0.15, -0.1) is 0 Å². The summed E-state index contributed by atoms with van der Waals surface area (Å²) in [4.78, 5) is 28.3. The maximum absolute atomic E-state index is 13.1. The minimum atomic E-state index is -0.473. The van der Waals surface area contributed by atoms with E-state index in [1.807, 2.05) is 0 Å². The predicted octanol–water partition coefficient (Wildman–Crippen LogP) is 6.32. The quantitative estimate of drug-likeness (QED) is 0.259. The first-order valence-corrected chi connectivity index (χ1v) is 12.3. The van der Waals surface area contributed by atoms with E-state index in [2.05, 4.69) is 15.5 Å². The number of piperidine rings is 1. The molecule has 186 valence electrons. The van der Waals surface area contributed by atoms with Crippen molar-refractivity contribution in [2.24, 2.45) is 0 Å². The number of hydrogen-bond acceptors (Lipinski definition) is 4. The second-order valence-electron chi connectivity index (χ2n) is 8.42.